The lowest BCUT2D eigenvalue weighted by atomic mass is 10.0. The summed E-state index contributed by atoms with van der Waals surface area (Å²) < 4.78 is 10.3. The lowest BCUT2D eigenvalue weighted by Crippen LogP contribution is -2.41. The molecule has 2 N–H and O–H groups in total. The smallest absolute Gasteiger partial charge is 0.308 e. The van der Waals surface area contributed by atoms with E-state index < -0.39 is 11.9 Å². The number of aliphatic carboxylic acids is 1. The summed E-state index contributed by atoms with van der Waals surface area (Å²) in [6.45, 7) is 2.87. The number of pyridine rings is 1. The minimum absolute atomic E-state index is 0.106. The van der Waals surface area contributed by atoms with Crippen LogP contribution in [0, 0.1) is 5.92 Å². The first-order valence-corrected chi connectivity index (χ1v) is 7.42. The molecule has 1 atom stereocenters. The standard InChI is InChI=1S/C15H21N3O5/c1-22-14-12(3-2-4-16-14)17-13(19)9-11(15(20)21)10-18-5-7-23-8-6-18/h2-4,11H,5-10H2,1H3,(H,17,19)(H,20,21). The highest BCUT2D eigenvalue weighted by atomic mass is 16.5. The topological polar surface area (TPSA) is 101 Å². The van der Waals surface area contributed by atoms with Gasteiger partial charge in [-0.2, -0.15) is 0 Å². The second-order valence-electron chi connectivity index (χ2n) is 5.26. The monoisotopic (exact) mass is 323 g/mol. The number of hydrogen-bond acceptors (Lipinski definition) is 6. The van der Waals surface area contributed by atoms with Gasteiger partial charge in [0.2, 0.25) is 11.8 Å². The highest BCUT2D eigenvalue weighted by molar-refractivity contribution is 5.94. The predicted octanol–water partition coefficient (Wildman–Crippen LogP) is 0.452. The molecule has 1 aliphatic rings. The van der Waals surface area contributed by atoms with Crippen molar-refractivity contribution in [3.63, 3.8) is 0 Å². The van der Waals surface area contributed by atoms with Gasteiger partial charge in [-0.3, -0.25) is 14.5 Å². The Labute approximate surface area is 134 Å². The number of rotatable bonds is 7. The van der Waals surface area contributed by atoms with Crippen LogP contribution in [-0.4, -0.2) is 66.8 Å². The first kappa shape index (κ1) is 17.2. The van der Waals surface area contributed by atoms with E-state index in [1.165, 1.54) is 7.11 Å². The number of nitrogens with one attached hydrogen (secondary N) is 1. The highest BCUT2D eigenvalue weighted by Crippen LogP contribution is 2.20. The number of carboxylic acid groups (broad SMARTS) is 1. The van der Waals surface area contributed by atoms with Crippen LogP contribution in [0.4, 0.5) is 5.69 Å². The number of nitrogens with zero attached hydrogens (tertiary/aromatic N) is 2. The molecule has 126 valence electrons. The molecule has 2 rings (SSSR count). The number of methoxy groups -OCH3 is 1. The highest BCUT2D eigenvalue weighted by Gasteiger charge is 2.25. The zero-order valence-corrected chi connectivity index (χ0v) is 13.0. The number of anilines is 1. The molecule has 2 heterocycles. The maximum atomic E-state index is 12.1. The predicted molar refractivity (Wildman–Crippen MR) is 82.4 cm³/mol. The van der Waals surface area contributed by atoms with Crippen LogP contribution in [0.25, 0.3) is 0 Å². The van der Waals surface area contributed by atoms with Crippen molar-refractivity contribution in [2.24, 2.45) is 5.92 Å². The van der Waals surface area contributed by atoms with Crippen LogP contribution >= 0.6 is 0 Å². The van der Waals surface area contributed by atoms with E-state index in [0.29, 0.717) is 44.4 Å². The van der Waals surface area contributed by atoms with Crippen LogP contribution in [-0.2, 0) is 14.3 Å². The maximum Gasteiger partial charge on any atom is 0.308 e. The molecule has 1 aliphatic heterocycles. The van der Waals surface area contributed by atoms with Gasteiger partial charge in [0, 0.05) is 32.3 Å². The number of carbonyl (C=O) groups excluding carboxylic acids is 1. The summed E-state index contributed by atoms with van der Waals surface area (Å²) in [7, 11) is 1.45. The van der Waals surface area contributed by atoms with Gasteiger partial charge in [-0.05, 0) is 12.1 Å². The lowest BCUT2D eigenvalue weighted by molar-refractivity contribution is -0.144. The van der Waals surface area contributed by atoms with E-state index in [9.17, 15) is 14.7 Å². The fourth-order valence-corrected chi connectivity index (χ4v) is 2.40. The lowest BCUT2D eigenvalue weighted by Gasteiger charge is -2.28. The molecule has 8 heteroatoms. The zero-order valence-electron chi connectivity index (χ0n) is 13.0. The summed E-state index contributed by atoms with van der Waals surface area (Å²) >= 11 is 0. The number of carboxylic acids is 1. The van der Waals surface area contributed by atoms with Gasteiger partial charge < -0.3 is 19.9 Å². The summed E-state index contributed by atoms with van der Waals surface area (Å²) in [5, 5.41) is 12.0. The maximum absolute atomic E-state index is 12.1. The first-order chi connectivity index (χ1) is 11.1. The summed E-state index contributed by atoms with van der Waals surface area (Å²) in [5.74, 6) is -1.83. The molecule has 0 spiro atoms. The van der Waals surface area contributed by atoms with Crippen molar-refractivity contribution in [2.45, 2.75) is 6.42 Å². The van der Waals surface area contributed by atoms with Crippen LogP contribution < -0.4 is 10.1 Å². The number of aromatic nitrogens is 1. The van der Waals surface area contributed by atoms with E-state index in [1.807, 2.05) is 4.90 Å². The average Bonchev–Trinajstić information content (AvgIpc) is 2.55. The van der Waals surface area contributed by atoms with Gasteiger partial charge in [-0.1, -0.05) is 0 Å². The quantitative estimate of drug-likeness (QED) is 0.751. The third kappa shape index (κ3) is 5.19. The largest absolute Gasteiger partial charge is 0.481 e. The van der Waals surface area contributed by atoms with Gasteiger partial charge in [0.1, 0.15) is 5.69 Å². The van der Waals surface area contributed by atoms with E-state index in [-0.39, 0.29) is 12.3 Å². The fourth-order valence-electron chi connectivity index (χ4n) is 2.40. The van der Waals surface area contributed by atoms with Crippen LogP contribution in [0.15, 0.2) is 18.3 Å². The van der Waals surface area contributed by atoms with E-state index in [4.69, 9.17) is 9.47 Å². The Balaban J connectivity index is 1.93. The molecule has 23 heavy (non-hydrogen) atoms. The number of ether oxygens (including phenoxy) is 2. The number of amides is 1. The van der Waals surface area contributed by atoms with E-state index in [1.54, 1.807) is 18.3 Å². The molecule has 0 radical (unpaired) electrons. The third-order valence-electron chi connectivity index (χ3n) is 3.60. The van der Waals surface area contributed by atoms with Crippen molar-refractivity contribution < 1.29 is 24.2 Å². The molecule has 1 unspecified atom stereocenters. The van der Waals surface area contributed by atoms with Gasteiger partial charge in [0.25, 0.3) is 0 Å². The van der Waals surface area contributed by atoms with Crippen molar-refractivity contribution in [1.29, 1.82) is 0 Å². The molecular weight excluding hydrogens is 302 g/mol. The van der Waals surface area contributed by atoms with Gasteiger partial charge in [-0.25, -0.2) is 4.98 Å². The Kier molecular flexibility index (Phi) is 6.30. The van der Waals surface area contributed by atoms with Crippen LogP contribution in [0.5, 0.6) is 5.88 Å². The Bertz CT molecular complexity index is 546. The molecule has 1 saturated heterocycles. The zero-order chi connectivity index (χ0) is 16.7. The van der Waals surface area contributed by atoms with Crippen LogP contribution in [0.3, 0.4) is 0 Å². The minimum atomic E-state index is -0.982. The molecular formula is C15H21N3O5. The second kappa shape index (κ2) is 8.44. The average molecular weight is 323 g/mol. The van der Waals surface area contributed by atoms with Gasteiger partial charge in [-0.15, -0.1) is 0 Å². The molecule has 0 aromatic carbocycles. The minimum Gasteiger partial charge on any atom is -0.481 e. The van der Waals surface area contributed by atoms with E-state index in [0.717, 1.165) is 0 Å². The summed E-state index contributed by atoms with van der Waals surface area (Å²) in [4.78, 5) is 29.5. The fraction of sp³-hybridized carbons (Fsp3) is 0.533. The molecule has 1 aromatic rings. The number of hydrogen-bond donors (Lipinski definition) is 2. The van der Waals surface area contributed by atoms with Crippen molar-refractivity contribution in [2.75, 3.05) is 45.3 Å². The van der Waals surface area contributed by atoms with Gasteiger partial charge in [0.05, 0.1) is 26.2 Å². The molecule has 8 nitrogen and oxygen atoms in total. The second-order valence-corrected chi connectivity index (χ2v) is 5.26. The van der Waals surface area contributed by atoms with Crippen LogP contribution in [0.2, 0.25) is 0 Å². The Morgan fingerprint density at radius 1 is 1.48 bits per heavy atom. The summed E-state index contributed by atoms with van der Waals surface area (Å²) in [5.41, 5.74) is 0.426. The molecule has 0 aliphatic carbocycles. The SMILES string of the molecule is COc1ncccc1NC(=O)CC(CN1CCOCC1)C(=O)O. The first-order valence-electron chi connectivity index (χ1n) is 7.42. The van der Waals surface area contributed by atoms with E-state index >= 15 is 0 Å². The van der Waals surface area contributed by atoms with Crippen molar-refractivity contribution >= 4 is 17.6 Å². The number of morpholine rings is 1. The third-order valence-corrected chi connectivity index (χ3v) is 3.60. The molecule has 1 fully saturated rings. The Morgan fingerprint density at radius 3 is 2.87 bits per heavy atom. The Morgan fingerprint density at radius 2 is 2.22 bits per heavy atom. The normalized spacial score (nSPS) is 16.6. The molecule has 0 saturated carbocycles. The number of carbonyl (C=O) groups is 2. The van der Waals surface area contributed by atoms with Crippen molar-refractivity contribution in [3.8, 4) is 5.88 Å². The molecule has 1 amide bonds. The molecule has 0 bridgehead atoms. The summed E-state index contributed by atoms with van der Waals surface area (Å²) in [6.07, 6.45) is 1.44. The molecule has 1 aromatic heterocycles. The van der Waals surface area contributed by atoms with Gasteiger partial charge in [0.15, 0.2) is 0 Å². The van der Waals surface area contributed by atoms with Gasteiger partial charge >= 0.3 is 5.97 Å². The van der Waals surface area contributed by atoms with Crippen molar-refractivity contribution in [3.05, 3.63) is 18.3 Å². The van der Waals surface area contributed by atoms with E-state index in [2.05, 4.69) is 10.3 Å². The summed E-state index contributed by atoms with van der Waals surface area (Å²) in [6, 6.07) is 3.32. The Hall–Kier alpha value is -2.19. The van der Waals surface area contributed by atoms with Crippen LogP contribution in [0.1, 0.15) is 6.42 Å². The van der Waals surface area contributed by atoms with Crippen molar-refractivity contribution in [1.82, 2.24) is 9.88 Å².